The minimum absolute atomic E-state index is 0.468. The summed E-state index contributed by atoms with van der Waals surface area (Å²) in [4.78, 5) is 10.9. The van der Waals surface area contributed by atoms with Gasteiger partial charge in [0.15, 0.2) is 6.10 Å². The number of aliphatic hydroxyl groups is 5. The maximum atomic E-state index is 10.9. The molecule has 0 heterocycles. The SMILES string of the molecule is NCC(=O)OC1[C@@H](O)[C@H](O)C(O)[C@H](O)[C@@H]1O. The third-order valence-electron chi connectivity index (χ3n) is 2.51. The van der Waals surface area contributed by atoms with Gasteiger partial charge >= 0.3 is 5.97 Å². The summed E-state index contributed by atoms with van der Waals surface area (Å²) in [6.45, 7) is -0.468. The largest absolute Gasteiger partial charge is 0.456 e. The van der Waals surface area contributed by atoms with E-state index in [9.17, 15) is 30.3 Å². The summed E-state index contributed by atoms with van der Waals surface area (Å²) >= 11 is 0. The molecule has 2 unspecified atom stereocenters. The Kier molecular flexibility index (Phi) is 4.19. The quantitative estimate of drug-likeness (QED) is 0.263. The molecule has 1 rings (SSSR count). The zero-order chi connectivity index (χ0) is 12.5. The molecule has 94 valence electrons. The first-order valence-corrected chi connectivity index (χ1v) is 4.70. The standard InChI is InChI=1S/C8H15NO7/c9-1-2(10)16-8-6(14)4(12)3(11)5(13)7(8)15/h3-8,11-15H,1,9H2/t3?,4-,5+,6-,7-,8?/m0/s1. The first kappa shape index (κ1) is 13.3. The molecule has 1 aliphatic rings. The normalized spacial score (nSPS) is 44.1. The maximum Gasteiger partial charge on any atom is 0.320 e. The van der Waals surface area contributed by atoms with Crippen LogP contribution in [0.25, 0.3) is 0 Å². The monoisotopic (exact) mass is 237 g/mol. The highest BCUT2D eigenvalue weighted by Gasteiger charge is 2.50. The van der Waals surface area contributed by atoms with Gasteiger partial charge in [0, 0.05) is 0 Å². The zero-order valence-electron chi connectivity index (χ0n) is 8.30. The molecular formula is C8H15NO7. The van der Waals surface area contributed by atoms with Crippen LogP contribution < -0.4 is 5.73 Å². The van der Waals surface area contributed by atoms with Crippen molar-refractivity contribution in [1.82, 2.24) is 0 Å². The Morgan fingerprint density at radius 1 is 0.938 bits per heavy atom. The van der Waals surface area contributed by atoms with E-state index in [0.29, 0.717) is 0 Å². The Morgan fingerprint density at radius 3 is 1.69 bits per heavy atom. The lowest BCUT2D eigenvalue weighted by Gasteiger charge is -2.40. The summed E-state index contributed by atoms with van der Waals surface area (Å²) in [6.07, 6.45) is -10.0. The topological polar surface area (TPSA) is 153 Å². The van der Waals surface area contributed by atoms with Gasteiger partial charge in [0.1, 0.15) is 30.5 Å². The molecule has 8 nitrogen and oxygen atoms in total. The van der Waals surface area contributed by atoms with Gasteiger partial charge in [-0.05, 0) is 0 Å². The van der Waals surface area contributed by atoms with Gasteiger partial charge in [0.05, 0.1) is 6.54 Å². The van der Waals surface area contributed by atoms with Crippen LogP contribution in [0.15, 0.2) is 0 Å². The van der Waals surface area contributed by atoms with Crippen LogP contribution in [0.5, 0.6) is 0 Å². The van der Waals surface area contributed by atoms with Crippen molar-refractivity contribution in [2.24, 2.45) is 5.73 Å². The van der Waals surface area contributed by atoms with Crippen LogP contribution >= 0.6 is 0 Å². The van der Waals surface area contributed by atoms with E-state index in [4.69, 9.17) is 5.73 Å². The first-order chi connectivity index (χ1) is 7.40. The highest BCUT2D eigenvalue weighted by molar-refractivity contribution is 5.71. The van der Waals surface area contributed by atoms with Gasteiger partial charge in [-0.3, -0.25) is 4.79 Å². The van der Waals surface area contributed by atoms with Gasteiger partial charge in [-0.25, -0.2) is 0 Å². The van der Waals surface area contributed by atoms with Crippen molar-refractivity contribution in [3.05, 3.63) is 0 Å². The number of esters is 1. The van der Waals surface area contributed by atoms with Gasteiger partial charge in [-0.2, -0.15) is 0 Å². The van der Waals surface area contributed by atoms with E-state index in [2.05, 4.69) is 4.74 Å². The van der Waals surface area contributed by atoms with Gasteiger partial charge < -0.3 is 36.0 Å². The van der Waals surface area contributed by atoms with Crippen molar-refractivity contribution in [3.63, 3.8) is 0 Å². The minimum atomic E-state index is -1.71. The predicted molar refractivity (Wildman–Crippen MR) is 49.0 cm³/mol. The molecule has 0 saturated heterocycles. The fraction of sp³-hybridized carbons (Fsp3) is 0.875. The Morgan fingerprint density at radius 2 is 1.31 bits per heavy atom. The second-order valence-corrected chi connectivity index (χ2v) is 3.61. The van der Waals surface area contributed by atoms with Crippen molar-refractivity contribution < 1.29 is 35.1 Å². The van der Waals surface area contributed by atoms with Gasteiger partial charge in [-0.1, -0.05) is 0 Å². The van der Waals surface area contributed by atoms with Crippen LogP contribution in [-0.2, 0) is 9.53 Å². The predicted octanol–water partition coefficient (Wildman–Crippen LogP) is -4.32. The number of ether oxygens (including phenoxy) is 1. The molecule has 0 radical (unpaired) electrons. The van der Waals surface area contributed by atoms with E-state index < -0.39 is 49.1 Å². The number of hydrogen-bond donors (Lipinski definition) is 6. The third kappa shape index (κ3) is 2.32. The Balaban J connectivity index is 2.78. The van der Waals surface area contributed by atoms with Crippen LogP contribution in [0.3, 0.4) is 0 Å². The van der Waals surface area contributed by atoms with Crippen LogP contribution in [0.2, 0.25) is 0 Å². The van der Waals surface area contributed by atoms with Crippen molar-refractivity contribution in [2.45, 2.75) is 36.6 Å². The molecule has 7 N–H and O–H groups in total. The molecule has 0 aromatic carbocycles. The fourth-order valence-electron chi connectivity index (χ4n) is 1.54. The molecular weight excluding hydrogens is 222 g/mol. The van der Waals surface area contributed by atoms with E-state index >= 15 is 0 Å². The summed E-state index contributed by atoms with van der Waals surface area (Å²) in [6, 6.07) is 0. The molecule has 0 aromatic rings. The molecule has 8 heteroatoms. The van der Waals surface area contributed by atoms with Gasteiger partial charge in [0.25, 0.3) is 0 Å². The molecule has 1 aliphatic carbocycles. The zero-order valence-corrected chi connectivity index (χ0v) is 8.30. The van der Waals surface area contributed by atoms with E-state index in [0.717, 1.165) is 0 Å². The maximum absolute atomic E-state index is 10.9. The molecule has 0 aromatic heterocycles. The molecule has 1 saturated carbocycles. The summed E-state index contributed by atoms with van der Waals surface area (Å²) in [7, 11) is 0. The number of hydrogen-bond acceptors (Lipinski definition) is 8. The third-order valence-corrected chi connectivity index (χ3v) is 2.51. The van der Waals surface area contributed by atoms with Crippen LogP contribution in [0.1, 0.15) is 0 Å². The fourth-order valence-corrected chi connectivity index (χ4v) is 1.54. The van der Waals surface area contributed by atoms with Crippen molar-refractivity contribution in [2.75, 3.05) is 6.54 Å². The molecule has 6 atom stereocenters. The number of carbonyl (C=O) groups is 1. The summed E-state index contributed by atoms with van der Waals surface area (Å²) < 4.78 is 4.56. The Labute approximate surface area is 90.9 Å². The Hall–Kier alpha value is -0.770. The lowest BCUT2D eigenvalue weighted by molar-refractivity contribution is -0.233. The van der Waals surface area contributed by atoms with Crippen LogP contribution in [0.4, 0.5) is 0 Å². The molecule has 0 aliphatic heterocycles. The van der Waals surface area contributed by atoms with E-state index in [1.54, 1.807) is 0 Å². The number of aliphatic hydroxyl groups excluding tert-OH is 5. The second kappa shape index (κ2) is 5.04. The number of carbonyl (C=O) groups excluding carboxylic acids is 1. The van der Waals surface area contributed by atoms with Crippen LogP contribution in [-0.4, -0.2) is 74.7 Å². The number of rotatable bonds is 2. The van der Waals surface area contributed by atoms with E-state index in [1.807, 2.05) is 0 Å². The van der Waals surface area contributed by atoms with Gasteiger partial charge in [0.2, 0.25) is 0 Å². The van der Waals surface area contributed by atoms with Crippen LogP contribution in [0, 0.1) is 0 Å². The summed E-state index contributed by atoms with van der Waals surface area (Å²) in [5, 5.41) is 46.7. The average molecular weight is 237 g/mol. The van der Waals surface area contributed by atoms with Crippen molar-refractivity contribution >= 4 is 5.97 Å². The highest BCUT2D eigenvalue weighted by Crippen LogP contribution is 2.23. The molecule has 1 fully saturated rings. The lowest BCUT2D eigenvalue weighted by atomic mass is 9.85. The minimum Gasteiger partial charge on any atom is -0.456 e. The first-order valence-electron chi connectivity index (χ1n) is 4.70. The molecule has 0 spiro atoms. The second-order valence-electron chi connectivity index (χ2n) is 3.61. The summed E-state index contributed by atoms with van der Waals surface area (Å²) in [5.74, 6) is -0.904. The summed E-state index contributed by atoms with van der Waals surface area (Å²) in [5.41, 5.74) is 4.96. The number of nitrogens with two attached hydrogens (primary N) is 1. The van der Waals surface area contributed by atoms with E-state index in [-0.39, 0.29) is 0 Å². The highest BCUT2D eigenvalue weighted by atomic mass is 16.6. The van der Waals surface area contributed by atoms with Crippen molar-refractivity contribution in [3.8, 4) is 0 Å². The molecule has 0 bridgehead atoms. The van der Waals surface area contributed by atoms with Crippen molar-refractivity contribution in [1.29, 1.82) is 0 Å². The average Bonchev–Trinajstić information content (AvgIpc) is 2.29. The molecule has 16 heavy (non-hydrogen) atoms. The van der Waals surface area contributed by atoms with E-state index in [1.165, 1.54) is 0 Å². The Bertz CT molecular complexity index is 245. The lowest BCUT2D eigenvalue weighted by Crippen LogP contribution is -2.64. The van der Waals surface area contributed by atoms with Gasteiger partial charge in [-0.15, -0.1) is 0 Å². The smallest absolute Gasteiger partial charge is 0.320 e. The molecule has 0 amide bonds.